The van der Waals surface area contributed by atoms with Crippen molar-refractivity contribution >= 4 is 17.8 Å². The van der Waals surface area contributed by atoms with Crippen molar-refractivity contribution < 1.29 is 9.60 Å². The number of nitrogens with zero attached hydrogens (tertiary/aromatic N) is 4. The van der Waals surface area contributed by atoms with E-state index in [9.17, 15) is 9.60 Å². The second-order valence-electron chi connectivity index (χ2n) is 7.78. The van der Waals surface area contributed by atoms with Crippen LogP contribution in [0, 0.1) is 11.7 Å². The van der Waals surface area contributed by atoms with Crippen LogP contribution in [0.25, 0.3) is 0 Å². The standard InChI is InChI=1S/C23H27FN6O/c24-20-9-5-4-8-19(20)10-13-25-21-26-22(29-31)28-23(27-21)30-14-11-18(12-15-30)16-17-6-2-1-3-7-17/h1-9,18,31H,10-16H2,(H2,25,26,27,28,29). The molecule has 162 valence electrons. The van der Waals surface area contributed by atoms with Crippen molar-refractivity contribution in [1.82, 2.24) is 15.0 Å². The number of nitrogens with one attached hydrogen (secondary N) is 2. The van der Waals surface area contributed by atoms with E-state index in [0.717, 1.165) is 32.4 Å². The number of hydrogen-bond donors (Lipinski definition) is 3. The van der Waals surface area contributed by atoms with Crippen molar-refractivity contribution in [2.75, 3.05) is 35.3 Å². The van der Waals surface area contributed by atoms with Gasteiger partial charge in [-0.25, -0.2) is 9.87 Å². The average molecular weight is 423 g/mol. The topological polar surface area (TPSA) is 86.2 Å². The third-order valence-electron chi connectivity index (χ3n) is 5.62. The third-order valence-corrected chi connectivity index (χ3v) is 5.62. The Balaban J connectivity index is 1.35. The fourth-order valence-corrected chi connectivity index (χ4v) is 3.93. The van der Waals surface area contributed by atoms with Gasteiger partial charge in [-0.15, -0.1) is 0 Å². The van der Waals surface area contributed by atoms with E-state index in [0.29, 0.717) is 36.3 Å². The van der Waals surface area contributed by atoms with E-state index in [1.165, 1.54) is 11.6 Å². The molecule has 0 aliphatic carbocycles. The molecule has 1 aliphatic rings. The van der Waals surface area contributed by atoms with Crippen molar-refractivity contribution in [2.24, 2.45) is 5.92 Å². The highest BCUT2D eigenvalue weighted by Crippen LogP contribution is 2.25. The summed E-state index contributed by atoms with van der Waals surface area (Å²) in [5.74, 6) is 1.37. The van der Waals surface area contributed by atoms with E-state index in [-0.39, 0.29) is 11.8 Å². The number of piperidine rings is 1. The summed E-state index contributed by atoms with van der Waals surface area (Å²) < 4.78 is 13.8. The first-order chi connectivity index (χ1) is 15.2. The van der Waals surface area contributed by atoms with Crippen LogP contribution >= 0.6 is 0 Å². The maximum absolute atomic E-state index is 13.8. The zero-order valence-corrected chi connectivity index (χ0v) is 17.3. The predicted molar refractivity (Wildman–Crippen MR) is 119 cm³/mol. The Hall–Kier alpha value is -3.26. The molecule has 4 rings (SSSR count). The lowest BCUT2D eigenvalue weighted by Gasteiger charge is -2.32. The molecule has 0 radical (unpaired) electrons. The van der Waals surface area contributed by atoms with Crippen molar-refractivity contribution in [3.8, 4) is 0 Å². The van der Waals surface area contributed by atoms with Crippen LogP contribution in [0.2, 0.25) is 0 Å². The zero-order chi connectivity index (χ0) is 21.5. The van der Waals surface area contributed by atoms with Crippen LogP contribution in [-0.2, 0) is 12.8 Å². The predicted octanol–water partition coefficient (Wildman–Crippen LogP) is 3.93. The van der Waals surface area contributed by atoms with Gasteiger partial charge >= 0.3 is 0 Å². The molecule has 0 amide bonds. The largest absolute Gasteiger partial charge is 0.354 e. The first kappa shape index (κ1) is 21.0. The highest BCUT2D eigenvalue weighted by Gasteiger charge is 2.22. The SMILES string of the molecule is ONc1nc(NCCc2ccccc2F)nc(N2CCC(Cc3ccccc3)CC2)n1. The van der Waals surface area contributed by atoms with Crippen molar-refractivity contribution in [3.63, 3.8) is 0 Å². The molecule has 1 aliphatic heterocycles. The van der Waals surface area contributed by atoms with Gasteiger partial charge in [0, 0.05) is 19.6 Å². The third kappa shape index (κ3) is 5.67. The van der Waals surface area contributed by atoms with Crippen LogP contribution in [0.3, 0.4) is 0 Å². The van der Waals surface area contributed by atoms with E-state index >= 15 is 0 Å². The van der Waals surface area contributed by atoms with Crippen molar-refractivity contribution in [1.29, 1.82) is 0 Å². The zero-order valence-electron chi connectivity index (χ0n) is 17.3. The lowest BCUT2D eigenvalue weighted by molar-refractivity contribution is 0.381. The summed E-state index contributed by atoms with van der Waals surface area (Å²) in [6, 6.07) is 17.3. The number of hydrogen-bond acceptors (Lipinski definition) is 7. The molecule has 1 aromatic heterocycles. The van der Waals surface area contributed by atoms with Gasteiger partial charge in [0.05, 0.1) is 0 Å². The van der Waals surface area contributed by atoms with Crippen LogP contribution < -0.4 is 15.7 Å². The first-order valence-electron chi connectivity index (χ1n) is 10.6. The van der Waals surface area contributed by atoms with Gasteiger partial charge in [-0.05, 0) is 48.8 Å². The van der Waals surface area contributed by atoms with Gasteiger partial charge in [0.15, 0.2) is 0 Å². The molecule has 3 N–H and O–H groups in total. The minimum atomic E-state index is -0.225. The summed E-state index contributed by atoms with van der Waals surface area (Å²) >= 11 is 0. The normalized spacial score (nSPS) is 14.5. The Kier molecular flexibility index (Phi) is 6.89. The molecule has 1 saturated heterocycles. The summed E-state index contributed by atoms with van der Waals surface area (Å²) in [6.07, 6.45) is 3.69. The fourth-order valence-electron chi connectivity index (χ4n) is 3.93. The molecule has 2 aromatic carbocycles. The molecule has 7 nitrogen and oxygen atoms in total. The molecule has 0 bridgehead atoms. The lowest BCUT2D eigenvalue weighted by Crippen LogP contribution is -2.35. The molecule has 0 spiro atoms. The Morgan fingerprint density at radius 2 is 1.65 bits per heavy atom. The number of aromatic nitrogens is 3. The molecular weight excluding hydrogens is 395 g/mol. The first-order valence-corrected chi connectivity index (χ1v) is 10.6. The average Bonchev–Trinajstić information content (AvgIpc) is 2.81. The molecule has 8 heteroatoms. The Bertz CT molecular complexity index is 979. The molecule has 0 atom stereocenters. The minimum absolute atomic E-state index is 0.0878. The van der Waals surface area contributed by atoms with Gasteiger partial charge < -0.3 is 10.2 Å². The Morgan fingerprint density at radius 1 is 0.935 bits per heavy atom. The van der Waals surface area contributed by atoms with E-state index in [2.05, 4.69) is 49.4 Å². The Labute approximate surface area is 181 Å². The van der Waals surface area contributed by atoms with Crippen LogP contribution in [0.4, 0.5) is 22.2 Å². The molecule has 2 heterocycles. The maximum atomic E-state index is 13.8. The summed E-state index contributed by atoms with van der Waals surface area (Å²) in [5, 5.41) is 12.4. The quantitative estimate of drug-likeness (QED) is 0.474. The number of anilines is 3. The summed E-state index contributed by atoms with van der Waals surface area (Å²) in [6.45, 7) is 2.16. The lowest BCUT2D eigenvalue weighted by atomic mass is 9.90. The van der Waals surface area contributed by atoms with E-state index in [1.807, 2.05) is 17.6 Å². The molecule has 0 saturated carbocycles. The number of halogens is 1. The van der Waals surface area contributed by atoms with Crippen LogP contribution in [0.5, 0.6) is 0 Å². The van der Waals surface area contributed by atoms with Gasteiger partial charge in [0.2, 0.25) is 11.9 Å². The second kappa shape index (κ2) is 10.2. The highest BCUT2D eigenvalue weighted by atomic mass is 19.1. The molecule has 0 unspecified atom stereocenters. The number of benzene rings is 2. The van der Waals surface area contributed by atoms with E-state index in [4.69, 9.17) is 0 Å². The van der Waals surface area contributed by atoms with E-state index in [1.54, 1.807) is 12.1 Å². The highest BCUT2D eigenvalue weighted by molar-refractivity contribution is 5.43. The molecule has 3 aromatic rings. The number of rotatable bonds is 8. The van der Waals surface area contributed by atoms with Gasteiger partial charge in [-0.2, -0.15) is 15.0 Å². The Morgan fingerprint density at radius 3 is 2.39 bits per heavy atom. The summed E-state index contributed by atoms with van der Waals surface area (Å²) in [5.41, 5.74) is 4.02. The van der Waals surface area contributed by atoms with Crippen molar-refractivity contribution in [2.45, 2.75) is 25.7 Å². The molecule has 31 heavy (non-hydrogen) atoms. The molecular formula is C23H27FN6O. The van der Waals surface area contributed by atoms with Crippen LogP contribution in [0.15, 0.2) is 54.6 Å². The van der Waals surface area contributed by atoms with Gasteiger partial charge in [-0.1, -0.05) is 48.5 Å². The minimum Gasteiger partial charge on any atom is -0.354 e. The maximum Gasteiger partial charge on any atom is 0.253 e. The van der Waals surface area contributed by atoms with Crippen molar-refractivity contribution in [3.05, 3.63) is 71.5 Å². The van der Waals surface area contributed by atoms with Crippen LogP contribution in [-0.4, -0.2) is 39.8 Å². The summed E-state index contributed by atoms with van der Waals surface area (Å²) in [7, 11) is 0. The monoisotopic (exact) mass is 422 g/mol. The van der Waals surface area contributed by atoms with Gasteiger partial charge in [0.1, 0.15) is 5.82 Å². The van der Waals surface area contributed by atoms with Gasteiger partial charge in [-0.3, -0.25) is 5.21 Å². The van der Waals surface area contributed by atoms with E-state index < -0.39 is 0 Å². The van der Waals surface area contributed by atoms with Crippen LogP contribution in [0.1, 0.15) is 24.0 Å². The smallest absolute Gasteiger partial charge is 0.253 e. The second-order valence-corrected chi connectivity index (χ2v) is 7.78. The van der Waals surface area contributed by atoms with Gasteiger partial charge in [0.25, 0.3) is 5.95 Å². The molecule has 1 fully saturated rings. The summed E-state index contributed by atoms with van der Waals surface area (Å²) in [4.78, 5) is 15.1. The fraction of sp³-hybridized carbons (Fsp3) is 0.348.